The van der Waals surface area contributed by atoms with E-state index in [1.807, 2.05) is 13.8 Å². The van der Waals surface area contributed by atoms with E-state index in [4.69, 9.17) is 0 Å². The van der Waals surface area contributed by atoms with E-state index in [9.17, 15) is 17.2 Å². The van der Waals surface area contributed by atoms with Gasteiger partial charge >= 0.3 is 0 Å². The summed E-state index contributed by atoms with van der Waals surface area (Å²) in [7, 11) is -4.15. The zero-order chi connectivity index (χ0) is 14.2. The predicted molar refractivity (Wildman–Crippen MR) is 67.2 cm³/mol. The minimum atomic E-state index is -4.15. The van der Waals surface area contributed by atoms with Crippen LogP contribution in [0.2, 0.25) is 0 Å². The highest BCUT2D eigenvalue weighted by atomic mass is 32.2. The fraction of sp³-hybridized carbons (Fsp3) is 0.500. The van der Waals surface area contributed by atoms with Crippen LogP contribution in [0.3, 0.4) is 0 Å². The lowest BCUT2D eigenvalue weighted by atomic mass is 10.2. The second-order valence-corrected chi connectivity index (χ2v) is 6.72. The summed E-state index contributed by atoms with van der Waals surface area (Å²) >= 11 is 0. The van der Waals surface area contributed by atoms with E-state index < -0.39 is 26.6 Å². The molecule has 7 heteroatoms. The smallest absolute Gasteiger partial charge is 0.249 e. The van der Waals surface area contributed by atoms with Crippen LogP contribution in [-0.2, 0) is 10.0 Å². The van der Waals surface area contributed by atoms with Gasteiger partial charge in [-0.05, 0) is 26.0 Å². The SMILES string of the molecule is C[C@H]1CN(S(=O)(=O)c2c(F)cccc2F)C[C@H](C)N1. The highest BCUT2D eigenvalue weighted by molar-refractivity contribution is 7.89. The van der Waals surface area contributed by atoms with Crippen molar-refractivity contribution in [1.82, 2.24) is 9.62 Å². The third kappa shape index (κ3) is 2.77. The molecule has 0 bridgehead atoms. The molecular formula is C12H16F2N2O2S. The van der Waals surface area contributed by atoms with Gasteiger partial charge in [0.05, 0.1) is 0 Å². The lowest BCUT2D eigenvalue weighted by Gasteiger charge is -2.35. The average molecular weight is 290 g/mol. The van der Waals surface area contributed by atoms with Crippen molar-refractivity contribution in [3.63, 3.8) is 0 Å². The molecule has 0 spiro atoms. The summed E-state index contributed by atoms with van der Waals surface area (Å²) in [5, 5.41) is 3.17. The van der Waals surface area contributed by atoms with Gasteiger partial charge in [0.15, 0.2) is 4.90 Å². The van der Waals surface area contributed by atoms with Crippen LogP contribution >= 0.6 is 0 Å². The third-order valence-electron chi connectivity index (χ3n) is 3.04. The molecule has 1 N–H and O–H groups in total. The second-order valence-electron chi connectivity index (χ2n) is 4.84. The molecule has 1 aliphatic heterocycles. The van der Waals surface area contributed by atoms with Crippen LogP contribution in [0, 0.1) is 11.6 Å². The molecule has 0 radical (unpaired) electrons. The monoisotopic (exact) mass is 290 g/mol. The molecule has 0 amide bonds. The molecule has 1 aromatic rings. The number of nitrogens with one attached hydrogen (secondary N) is 1. The van der Waals surface area contributed by atoms with Crippen molar-refractivity contribution in [3.8, 4) is 0 Å². The average Bonchev–Trinajstić information content (AvgIpc) is 2.26. The maximum atomic E-state index is 13.6. The van der Waals surface area contributed by atoms with E-state index in [-0.39, 0.29) is 25.2 Å². The normalized spacial score (nSPS) is 25.5. The van der Waals surface area contributed by atoms with Gasteiger partial charge in [-0.25, -0.2) is 17.2 Å². The van der Waals surface area contributed by atoms with Gasteiger partial charge in [-0.1, -0.05) is 6.07 Å². The summed E-state index contributed by atoms with van der Waals surface area (Å²) in [4.78, 5) is -0.865. The van der Waals surface area contributed by atoms with Crippen molar-refractivity contribution in [2.24, 2.45) is 0 Å². The summed E-state index contributed by atoms with van der Waals surface area (Å²) in [6.45, 7) is 4.05. The summed E-state index contributed by atoms with van der Waals surface area (Å²) in [6.07, 6.45) is 0. The Balaban J connectivity index is 2.42. The molecule has 1 heterocycles. The van der Waals surface area contributed by atoms with Crippen molar-refractivity contribution in [1.29, 1.82) is 0 Å². The maximum absolute atomic E-state index is 13.6. The zero-order valence-electron chi connectivity index (χ0n) is 10.7. The van der Waals surface area contributed by atoms with Crippen molar-refractivity contribution < 1.29 is 17.2 Å². The number of nitrogens with zero attached hydrogens (tertiary/aromatic N) is 1. The molecule has 0 saturated carbocycles. The van der Waals surface area contributed by atoms with Crippen LogP contribution in [-0.4, -0.2) is 37.9 Å². The van der Waals surface area contributed by atoms with Crippen LogP contribution < -0.4 is 5.32 Å². The van der Waals surface area contributed by atoms with Crippen LogP contribution in [0.1, 0.15) is 13.8 Å². The number of sulfonamides is 1. The van der Waals surface area contributed by atoms with Crippen LogP contribution in [0.4, 0.5) is 8.78 Å². The first-order valence-electron chi connectivity index (χ1n) is 6.02. The molecule has 4 nitrogen and oxygen atoms in total. The number of hydrogen-bond donors (Lipinski definition) is 1. The molecular weight excluding hydrogens is 274 g/mol. The van der Waals surface area contributed by atoms with Crippen LogP contribution in [0.25, 0.3) is 0 Å². The molecule has 2 rings (SSSR count). The van der Waals surface area contributed by atoms with Gasteiger partial charge in [-0.3, -0.25) is 0 Å². The van der Waals surface area contributed by atoms with Crippen LogP contribution in [0.15, 0.2) is 23.1 Å². The third-order valence-corrected chi connectivity index (χ3v) is 4.92. The van der Waals surface area contributed by atoms with Crippen molar-refractivity contribution in [2.45, 2.75) is 30.8 Å². The Morgan fingerprint density at radius 1 is 1.16 bits per heavy atom. The van der Waals surface area contributed by atoms with E-state index in [1.54, 1.807) is 0 Å². The summed E-state index contributed by atoms with van der Waals surface area (Å²) in [5.74, 6) is -2.11. The molecule has 1 aromatic carbocycles. The zero-order valence-corrected chi connectivity index (χ0v) is 11.5. The van der Waals surface area contributed by atoms with Gasteiger partial charge in [-0.15, -0.1) is 0 Å². The molecule has 1 saturated heterocycles. The van der Waals surface area contributed by atoms with E-state index in [0.29, 0.717) is 0 Å². The first-order chi connectivity index (χ1) is 8.82. The number of halogens is 2. The minimum absolute atomic E-state index is 0.0617. The maximum Gasteiger partial charge on any atom is 0.249 e. The first kappa shape index (κ1) is 14.4. The largest absolute Gasteiger partial charge is 0.309 e. The van der Waals surface area contributed by atoms with E-state index in [0.717, 1.165) is 22.5 Å². The summed E-state index contributed by atoms with van der Waals surface area (Å²) < 4.78 is 53.1. The van der Waals surface area contributed by atoms with Gasteiger partial charge < -0.3 is 5.32 Å². The molecule has 106 valence electrons. The molecule has 0 aliphatic carbocycles. The highest BCUT2D eigenvalue weighted by Crippen LogP contribution is 2.24. The Hall–Kier alpha value is -1.05. The van der Waals surface area contributed by atoms with Gasteiger partial charge in [0.1, 0.15) is 11.6 Å². The van der Waals surface area contributed by atoms with E-state index in [1.165, 1.54) is 0 Å². The predicted octanol–water partition coefficient (Wildman–Crippen LogP) is 1.34. The quantitative estimate of drug-likeness (QED) is 0.894. The van der Waals surface area contributed by atoms with E-state index in [2.05, 4.69) is 5.32 Å². The fourth-order valence-corrected chi connectivity index (χ4v) is 4.06. The molecule has 2 atom stereocenters. The Morgan fingerprint density at radius 2 is 1.63 bits per heavy atom. The number of benzene rings is 1. The second kappa shape index (κ2) is 5.15. The Morgan fingerprint density at radius 3 is 2.11 bits per heavy atom. The molecule has 1 aliphatic rings. The van der Waals surface area contributed by atoms with E-state index >= 15 is 0 Å². The molecule has 1 fully saturated rings. The number of hydrogen-bond acceptors (Lipinski definition) is 3. The van der Waals surface area contributed by atoms with Gasteiger partial charge in [-0.2, -0.15) is 4.31 Å². The molecule has 0 aromatic heterocycles. The van der Waals surface area contributed by atoms with Crippen molar-refractivity contribution >= 4 is 10.0 Å². The fourth-order valence-electron chi connectivity index (χ4n) is 2.33. The van der Waals surface area contributed by atoms with Crippen LogP contribution in [0.5, 0.6) is 0 Å². The molecule has 19 heavy (non-hydrogen) atoms. The number of rotatable bonds is 2. The minimum Gasteiger partial charge on any atom is -0.309 e. The lowest BCUT2D eigenvalue weighted by molar-refractivity contribution is 0.261. The topological polar surface area (TPSA) is 49.4 Å². The van der Waals surface area contributed by atoms with Gasteiger partial charge in [0.2, 0.25) is 10.0 Å². The highest BCUT2D eigenvalue weighted by Gasteiger charge is 2.34. The van der Waals surface area contributed by atoms with Crippen molar-refractivity contribution in [3.05, 3.63) is 29.8 Å². The van der Waals surface area contributed by atoms with Gasteiger partial charge in [0, 0.05) is 25.2 Å². The molecule has 0 unspecified atom stereocenters. The van der Waals surface area contributed by atoms with Crippen molar-refractivity contribution in [2.75, 3.05) is 13.1 Å². The first-order valence-corrected chi connectivity index (χ1v) is 7.46. The summed E-state index contributed by atoms with van der Waals surface area (Å²) in [6, 6.07) is 2.92. The Bertz CT molecular complexity index is 547. The number of piperazine rings is 1. The lowest BCUT2D eigenvalue weighted by Crippen LogP contribution is -2.55. The Labute approximate surface area is 111 Å². The van der Waals surface area contributed by atoms with Gasteiger partial charge in [0.25, 0.3) is 0 Å². The Kier molecular flexibility index (Phi) is 3.89. The standard InChI is InChI=1S/C12H16F2N2O2S/c1-8-6-16(7-9(2)15-8)19(17,18)12-10(13)4-3-5-11(12)14/h3-5,8-9,15H,6-7H2,1-2H3/t8-,9-/m0/s1. The summed E-state index contributed by atoms with van der Waals surface area (Å²) in [5.41, 5.74) is 0.